The van der Waals surface area contributed by atoms with Crippen molar-refractivity contribution in [2.45, 2.75) is 19.9 Å². The number of carbonyl (C=O) groups excluding carboxylic acids is 1. The first-order chi connectivity index (χ1) is 8.58. The van der Waals surface area contributed by atoms with Crippen molar-refractivity contribution in [1.82, 2.24) is 0 Å². The van der Waals surface area contributed by atoms with Crippen LogP contribution in [0.2, 0.25) is 0 Å². The summed E-state index contributed by atoms with van der Waals surface area (Å²) in [7, 11) is 1.54. The monoisotopic (exact) mass is 289 g/mol. The van der Waals surface area contributed by atoms with E-state index in [9.17, 15) is 4.79 Å². The molecule has 108 valence electrons. The van der Waals surface area contributed by atoms with Gasteiger partial charge < -0.3 is 19.9 Å². The van der Waals surface area contributed by atoms with Crippen molar-refractivity contribution in [2.75, 3.05) is 20.3 Å². The number of rotatable bonds is 6. The number of benzene rings is 1. The molecule has 0 aliphatic heterocycles. The van der Waals surface area contributed by atoms with E-state index in [2.05, 4.69) is 0 Å². The van der Waals surface area contributed by atoms with Gasteiger partial charge in [-0.3, -0.25) is 0 Å². The van der Waals surface area contributed by atoms with Gasteiger partial charge in [0.1, 0.15) is 0 Å². The van der Waals surface area contributed by atoms with E-state index in [1.165, 1.54) is 7.11 Å². The maximum absolute atomic E-state index is 11.2. The van der Waals surface area contributed by atoms with Gasteiger partial charge in [-0.1, -0.05) is 6.07 Å². The van der Waals surface area contributed by atoms with E-state index in [1.807, 2.05) is 13.0 Å². The number of carbonyl (C=O) groups is 1. The summed E-state index contributed by atoms with van der Waals surface area (Å²) in [6, 6.07) is 5.29. The Balaban J connectivity index is 0.00000324. The Morgan fingerprint density at radius 3 is 2.58 bits per heavy atom. The van der Waals surface area contributed by atoms with Crippen molar-refractivity contribution < 1.29 is 19.0 Å². The van der Waals surface area contributed by atoms with Crippen molar-refractivity contribution >= 4 is 18.4 Å². The second-order valence-electron chi connectivity index (χ2n) is 3.79. The molecule has 0 saturated heterocycles. The molecule has 0 radical (unpaired) electrons. The molecule has 6 heteroatoms. The fourth-order valence-corrected chi connectivity index (χ4v) is 1.43. The Hall–Kier alpha value is -1.46. The van der Waals surface area contributed by atoms with Crippen LogP contribution >= 0.6 is 12.4 Å². The zero-order valence-corrected chi connectivity index (χ0v) is 12.2. The highest BCUT2D eigenvalue weighted by molar-refractivity contribution is 5.85. The zero-order chi connectivity index (χ0) is 13.5. The molecule has 0 aromatic heterocycles. The number of esters is 1. The fraction of sp³-hybridized carbons (Fsp3) is 0.462. The van der Waals surface area contributed by atoms with Crippen LogP contribution in [0, 0.1) is 0 Å². The number of hydrogen-bond acceptors (Lipinski definition) is 5. The molecule has 0 aliphatic carbocycles. The summed E-state index contributed by atoms with van der Waals surface area (Å²) in [6.07, 6.45) is 0. The lowest BCUT2D eigenvalue weighted by Crippen LogP contribution is -2.15. The normalized spacial score (nSPS) is 11.2. The van der Waals surface area contributed by atoms with Crippen LogP contribution < -0.4 is 15.2 Å². The minimum atomic E-state index is -0.407. The molecule has 0 bridgehead atoms. The Morgan fingerprint density at radius 2 is 2.05 bits per heavy atom. The SMILES string of the molecule is CCOC(=O)COc1ccc(C(C)N)cc1OC.Cl. The molecular formula is C13H20ClNO4. The highest BCUT2D eigenvalue weighted by atomic mass is 35.5. The first-order valence-corrected chi connectivity index (χ1v) is 5.80. The number of halogens is 1. The van der Waals surface area contributed by atoms with Crippen molar-refractivity contribution in [2.24, 2.45) is 5.73 Å². The third-order valence-electron chi connectivity index (χ3n) is 2.36. The van der Waals surface area contributed by atoms with E-state index in [0.29, 0.717) is 18.1 Å². The molecule has 19 heavy (non-hydrogen) atoms. The van der Waals surface area contributed by atoms with Gasteiger partial charge in [0.05, 0.1) is 13.7 Å². The van der Waals surface area contributed by atoms with Crippen molar-refractivity contribution in [3.05, 3.63) is 23.8 Å². The predicted molar refractivity (Wildman–Crippen MR) is 75.0 cm³/mol. The summed E-state index contributed by atoms with van der Waals surface area (Å²) < 4.78 is 15.3. The largest absolute Gasteiger partial charge is 0.493 e. The van der Waals surface area contributed by atoms with Gasteiger partial charge in [0.15, 0.2) is 18.1 Å². The Bertz CT molecular complexity index is 410. The summed E-state index contributed by atoms with van der Waals surface area (Å²) in [5, 5.41) is 0. The summed E-state index contributed by atoms with van der Waals surface area (Å²) in [6.45, 7) is 3.83. The van der Waals surface area contributed by atoms with Gasteiger partial charge >= 0.3 is 5.97 Å². The quantitative estimate of drug-likeness (QED) is 0.812. The number of ether oxygens (including phenoxy) is 3. The second kappa shape index (κ2) is 8.61. The lowest BCUT2D eigenvalue weighted by molar-refractivity contribution is -0.145. The smallest absolute Gasteiger partial charge is 0.344 e. The summed E-state index contributed by atoms with van der Waals surface area (Å²) in [5.41, 5.74) is 6.72. The molecule has 1 aromatic carbocycles. The van der Waals surface area contributed by atoms with Gasteiger partial charge in [-0.15, -0.1) is 12.4 Å². The van der Waals surface area contributed by atoms with Gasteiger partial charge in [0.2, 0.25) is 0 Å². The highest BCUT2D eigenvalue weighted by Crippen LogP contribution is 2.29. The van der Waals surface area contributed by atoms with Gasteiger partial charge in [0, 0.05) is 6.04 Å². The first kappa shape index (κ1) is 17.5. The van der Waals surface area contributed by atoms with Crippen LogP contribution in [0.5, 0.6) is 11.5 Å². The average Bonchev–Trinajstić information content (AvgIpc) is 2.36. The van der Waals surface area contributed by atoms with Crippen LogP contribution in [0.4, 0.5) is 0 Å². The van der Waals surface area contributed by atoms with E-state index in [0.717, 1.165) is 5.56 Å². The number of nitrogens with two attached hydrogens (primary N) is 1. The second-order valence-corrected chi connectivity index (χ2v) is 3.79. The molecule has 2 N–H and O–H groups in total. The molecule has 1 rings (SSSR count). The molecule has 0 heterocycles. The summed E-state index contributed by atoms with van der Waals surface area (Å²) in [4.78, 5) is 11.2. The molecule has 0 fully saturated rings. The molecule has 0 saturated carbocycles. The molecule has 0 spiro atoms. The van der Waals surface area contributed by atoms with Crippen LogP contribution in [0.15, 0.2) is 18.2 Å². The Labute approximate surface area is 119 Å². The van der Waals surface area contributed by atoms with Crippen LogP contribution in [0.3, 0.4) is 0 Å². The van der Waals surface area contributed by atoms with Crippen molar-refractivity contribution in [3.8, 4) is 11.5 Å². The van der Waals surface area contributed by atoms with E-state index < -0.39 is 5.97 Å². The van der Waals surface area contributed by atoms with E-state index in [1.54, 1.807) is 19.1 Å². The summed E-state index contributed by atoms with van der Waals surface area (Å²) in [5.74, 6) is 0.639. The maximum atomic E-state index is 11.2. The molecule has 0 amide bonds. The van der Waals surface area contributed by atoms with E-state index in [-0.39, 0.29) is 25.1 Å². The van der Waals surface area contributed by atoms with Gasteiger partial charge in [-0.2, -0.15) is 0 Å². The zero-order valence-electron chi connectivity index (χ0n) is 11.3. The topological polar surface area (TPSA) is 70.8 Å². The Kier molecular flexibility index (Phi) is 7.95. The summed E-state index contributed by atoms with van der Waals surface area (Å²) >= 11 is 0. The standard InChI is InChI=1S/C13H19NO4.ClH/c1-4-17-13(15)8-18-11-6-5-10(9(2)14)7-12(11)16-3;/h5-7,9H,4,8,14H2,1-3H3;1H. The third-order valence-corrected chi connectivity index (χ3v) is 2.36. The molecular weight excluding hydrogens is 270 g/mol. The predicted octanol–water partition coefficient (Wildman–Crippen LogP) is 2.08. The number of hydrogen-bond donors (Lipinski definition) is 1. The average molecular weight is 290 g/mol. The van der Waals surface area contributed by atoms with E-state index >= 15 is 0 Å². The van der Waals surface area contributed by atoms with E-state index in [4.69, 9.17) is 19.9 Å². The van der Waals surface area contributed by atoms with Crippen LogP contribution in [-0.2, 0) is 9.53 Å². The van der Waals surface area contributed by atoms with Crippen molar-refractivity contribution in [3.63, 3.8) is 0 Å². The number of methoxy groups -OCH3 is 1. The Morgan fingerprint density at radius 1 is 1.37 bits per heavy atom. The molecule has 1 atom stereocenters. The fourth-order valence-electron chi connectivity index (χ4n) is 1.43. The molecule has 5 nitrogen and oxygen atoms in total. The van der Waals surface area contributed by atoms with Crippen molar-refractivity contribution in [1.29, 1.82) is 0 Å². The minimum absolute atomic E-state index is 0. The van der Waals surface area contributed by atoms with Gasteiger partial charge in [-0.25, -0.2) is 4.79 Å². The van der Waals surface area contributed by atoms with Gasteiger partial charge in [0.25, 0.3) is 0 Å². The lowest BCUT2D eigenvalue weighted by atomic mass is 10.1. The van der Waals surface area contributed by atoms with Gasteiger partial charge in [-0.05, 0) is 31.5 Å². The molecule has 1 aromatic rings. The van der Waals surface area contributed by atoms with Crippen LogP contribution in [-0.4, -0.2) is 26.3 Å². The maximum Gasteiger partial charge on any atom is 0.344 e. The molecule has 1 unspecified atom stereocenters. The van der Waals surface area contributed by atoms with Crippen LogP contribution in [0.25, 0.3) is 0 Å². The third kappa shape index (κ3) is 5.36. The minimum Gasteiger partial charge on any atom is -0.493 e. The lowest BCUT2D eigenvalue weighted by Gasteiger charge is -2.13. The van der Waals surface area contributed by atoms with Crippen LogP contribution in [0.1, 0.15) is 25.5 Å². The highest BCUT2D eigenvalue weighted by Gasteiger charge is 2.10. The molecule has 0 aliphatic rings. The first-order valence-electron chi connectivity index (χ1n) is 5.80.